The van der Waals surface area contributed by atoms with Crippen molar-refractivity contribution in [1.82, 2.24) is 10.2 Å². The van der Waals surface area contributed by atoms with Gasteiger partial charge in [-0.3, -0.25) is 9.59 Å². The van der Waals surface area contributed by atoms with Gasteiger partial charge in [-0.1, -0.05) is 86.8 Å². The summed E-state index contributed by atoms with van der Waals surface area (Å²) in [6.45, 7) is 5.62. The minimum atomic E-state index is -0.984. The Kier molecular flexibility index (Phi) is 11.8. The van der Waals surface area contributed by atoms with Gasteiger partial charge in [0.25, 0.3) is 0 Å². The Morgan fingerprint density at radius 2 is 1.51 bits per heavy atom. The molecule has 2 fully saturated rings. The molecule has 2 aliphatic rings. The summed E-state index contributed by atoms with van der Waals surface area (Å²) in [5.74, 6) is -1.13. The van der Waals surface area contributed by atoms with Crippen LogP contribution in [0.15, 0.2) is 72.8 Å². The molecule has 8 heteroatoms. The maximum absolute atomic E-state index is 12.0. The van der Waals surface area contributed by atoms with Crippen LogP contribution in [0.25, 0.3) is 11.1 Å². The van der Waals surface area contributed by atoms with Crippen LogP contribution in [0.2, 0.25) is 0 Å². The molecule has 0 radical (unpaired) electrons. The van der Waals surface area contributed by atoms with E-state index in [-0.39, 0.29) is 43.5 Å². The molecule has 240 valence electrons. The van der Waals surface area contributed by atoms with Crippen LogP contribution in [0.1, 0.15) is 86.5 Å². The molecule has 3 aromatic carbocycles. The van der Waals surface area contributed by atoms with Crippen LogP contribution in [0.3, 0.4) is 0 Å². The van der Waals surface area contributed by atoms with Gasteiger partial charge >= 0.3 is 5.97 Å². The van der Waals surface area contributed by atoms with Gasteiger partial charge < -0.3 is 29.9 Å². The fraction of sp³-hybridized carbons (Fsp3) is 0.459. The van der Waals surface area contributed by atoms with E-state index in [1.807, 2.05) is 42.5 Å². The van der Waals surface area contributed by atoms with E-state index in [9.17, 15) is 14.7 Å². The zero-order valence-electron chi connectivity index (χ0n) is 26.2. The van der Waals surface area contributed by atoms with E-state index in [0.29, 0.717) is 6.54 Å². The van der Waals surface area contributed by atoms with Crippen molar-refractivity contribution < 1.29 is 29.3 Å². The van der Waals surface area contributed by atoms with Crippen molar-refractivity contribution in [2.24, 2.45) is 5.92 Å². The highest BCUT2D eigenvalue weighted by atomic mass is 16.7. The molecule has 2 heterocycles. The van der Waals surface area contributed by atoms with E-state index >= 15 is 0 Å². The van der Waals surface area contributed by atoms with Crippen molar-refractivity contribution in [2.75, 3.05) is 19.6 Å². The number of ether oxygens (including phenoxy) is 2. The Morgan fingerprint density at radius 1 is 0.822 bits per heavy atom. The molecule has 0 aliphatic carbocycles. The number of benzene rings is 3. The van der Waals surface area contributed by atoms with Crippen molar-refractivity contribution in [1.29, 1.82) is 0 Å². The van der Waals surface area contributed by atoms with E-state index < -0.39 is 12.3 Å². The molecular weight excluding hydrogens is 568 g/mol. The largest absolute Gasteiger partial charge is 0.481 e. The highest BCUT2D eigenvalue weighted by molar-refractivity contribution is 5.80. The summed E-state index contributed by atoms with van der Waals surface area (Å²) in [5, 5.41) is 21.2. The Hall–Kier alpha value is -3.56. The summed E-state index contributed by atoms with van der Waals surface area (Å²) >= 11 is 0. The lowest BCUT2D eigenvalue weighted by Crippen LogP contribution is -2.45. The van der Waals surface area contributed by atoms with Crippen LogP contribution in [-0.2, 0) is 32.2 Å². The number of carbonyl (C=O) groups is 2. The maximum Gasteiger partial charge on any atom is 0.303 e. The predicted octanol–water partition coefficient (Wildman–Crippen LogP) is 6.38. The van der Waals surface area contributed by atoms with E-state index in [2.05, 4.69) is 47.5 Å². The fourth-order valence-electron chi connectivity index (χ4n) is 6.31. The number of hydrogen-bond donors (Lipinski definition) is 3. The average Bonchev–Trinajstić information content (AvgIpc) is 3.05. The summed E-state index contributed by atoms with van der Waals surface area (Å²) in [7, 11) is 0. The number of carboxylic acid groups (broad SMARTS) is 1. The van der Waals surface area contributed by atoms with Crippen LogP contribution < -0.4 is 5.32 Å². The molecule has 3 aromatic rings. The second kappa shape index (κ2) is 16.1. The van der Waals surface area contributed by atoms with E-state index in [1.54, 1.807) is 0 Å². The lowest BCUT2D eigenvalue weighted by Gasteiger charge is -2.43. The molecule has 2 saturated heterocycles. The number of likely N-dealkylation sites (tertiary alicyclic amines) is 1. The molecule has 0 saturated carbocycles. The first-order valence-electron chi connectivity index (χ1n) is 16.3. The van der Waals surface area contributed by atoms with Gasteiger partial charge in [0.15, 0.2) is 6.29 Å². The number of hydrogen-bond acceptors (Lipinski definition) is 6. The molecule has 5 rings (SSSR count). The molecule has 3 N–H and O–H groups in total. The van der Waals surface area contributed by atoms with Crippen molar-refractivity contribution in [3.05, 3.63) is 95.1 Å². The van der Waals surface area contributed by atoms with Gasteiger partial charge in [0.1, 0.15) is 0 Å². The minimum Gasteiger partial charge on any atom is -0.481 e. The van der Waals surface area contributed by atoms with Gasteiger partial charge in [0.2, 0.25) is 5.91 Å². The lowest BCUT2D eigenvalue weighted by molar-refractivity contribution is -0.276. The SMILES string of the molecule is C[C@H]1[C@@H](CN2CCCCCCC2)O[C@@H](c2cccc(-c3cccc(CNC(=O)CCC(=O)O)c3)c2)O[C@H]1c1ccc(CO)cc1. The quantitative estimate of drug-likeness (QED) is 0.230. The van der Waals surface area contributed by atoms with Crippen LogP contribution in [0, 0.1) is 5.92 Å². The first-order valence-corrected chi connectivity index (χ1v) is 16.3. The van der Waals surface area contributed by atoms with Gasteiger partial charge in [0.05, 0.1) is 25.2 Å². The number of amides is 1. The third kappa shape index (κ3) is 9.23. The molecule has 0 spiro atoms. The van der Waals surface area contributed by atoms with E-state index in [0.717, 1.165) is 53.0 Å². The molecule has 4 atom stereocenters. The number of carbonyl (C=O) groups excluding carboxylic acids is 1. The van der Waals surface area contributed by atoms with Crippen LogP contribution in [-0.4, -0.2) is 52.7 Å². The second-order valence-electron chi connectivity index (χ2n) is 12.4. The maximum atomic E-state index is 12.0. The van der Waals surface area contributed by atoms with Crippen molar-refractivity contribution >= 4 is 11.9 Å². The molecule has 0 aromatic heterocycles. The molecule has 2 aliphatic heterocycles. The zero-order valence-corrected chi connectivity index (χ0v) is 26.2. The normalized spacial score (nSPS) is 22.7. The predicted molar refractivity (Wildman–Crippen MR) is 173 cm³/mol. The van der Waals surface area contributed by atoms with Gasteiger partial charge in [-0.25, -0.2) is 0 Å². The minimum absolute atomic E-state index is 0.00969. The van der Waals surface area contributed by atoms with Gasteiger partial charge in [-0.15, -0.1) is 0 Å². The number of aliphatic hydroxyl groups excluding tert-OH is 1. The number of aliphatic carboxylic acids is 1. The van der Waals surface area contributed by atoms with Crippen molar-refractivity contribution in [2.45, 2.75) is 83.5 Å². The summed E-state index contributed by atoms with van der Waals surface area (Å²) in [4.78, 5) is 25.4. The Morgan fingerprint density at radius 3 is 2.22 bits per heavy atom. The molecular formula is C37H46N2O6. The summed E-state index contributed by atoms with van der Waals surface area (Å²) in [6, 6.07) is 24.3. The summed E-state index contributed by atoms with van der Waals surface area (Å²) in [6.07, 6.45) is 5.41. The first-order chi connectivity index (χ1) is 21.9. The second-order valence-corrected chi connectivity index (χ2v) is 12.4. The fourth-order valence-corrected chi connectivity index (χ4v) is 6.31. The molecule has 0 unspecified atom stereocenters. The Balaban J connectivity index is 1.35. The molecule has 45 heavy (non-hydrogen) atoms. The molecule has 0 bridgehead atoms. The smallest absolute Gasteiger partial charge is 0.303 e. The zero-order chi connectivity index (χ0) is 31.6. The van der Waals surface area contributed by atoms with E-state index in [4.69, 9.17) is 14.6 Å². The number of carboxylic acids is 1. The molecule has 1 amide bonds. The highest BCUT2D eigenvalue weighted by Gasteiger charge is 2.39. The Labute approximate surface area is 266 Å². The lowest BCUT2D eigenvalue weighted by atomic mass is 9.89. The number of nitrogens with zero attached hydrogens (tertiary/aromatic N) is 1. The molecule has 8 nitrogen and oxygen atoms in total. The summed E-state index contributed by atoms with van der Waals surface area (Å²) in [5.41, 5.74) is 5.86. The standard InChI is InChI=1S/C37H46N2O6/c1-26-33(24-39-19-5-3-2-4-6-20-39)44-37(45-36(26)29-15-13-27(25-40)14-16-29)32-12-8-11-31(22-32)30-10-7-9-28(21-30)23-38-34(41)17-18-35(42)43/h7-16,21-22,26,33,36-37,40H,2-6,17-20,23-25H2,1H3,(H,38,41)(H,42,43)/t26-,33+,36+,37+/m0/s1. The van der Waals surface area contributed by atoms with E-state index in [1.165, 1.54) is 32.1 Å². The average molecular weight is 615 g/mol. The van der Waals surface area contributed by atoms with Crippen LogP contribution in [0.5, 0.6) is 0 Å². The first kappa shape index (κ1) is 32.8. The van der Waals surface area contributed by atoms with Crippen molar-refractivity contribution in [3.8, 4) is 11.1 Å². The summed E-state index contributed by atoms with van der Waals surface area (Å²) < 4.78 is 13.5. The van der Waals surface area contributed by atoms with Gasteiger partial charge in [-0.2, -0.15) is 0 Å². The number of aliphatic hydroxyl groups is 1. The third-order valence-corrected chi connectivity index (χ3v) is 8.98. The van der Waals surface area contributed by atoms with Crippen molar-refractivity contribution in [3.63, 3.8) is 0 Å². The van der Waals surface area contributed by atoms with Gasteiger partial charge in [0, 0.05) is 31.0 Å². The Bertz CT molecular complexity index is 1400. The number of nitrogens with one attached hydrogen (secondary N) is 1. The highest BCUT2D eigenvalue weighted by Crippen LogP contribution is 2.42. The monoisotopic (exact) mass is 614 g/mol. The topological polar surface area (TPSA) is 108 Å². The van der Waals surface area contributed by atoms with Crippen LogP contribution in [0.4, 0.5) is 0 Å². The van der Waals surface area contributed by atoms with Gasteiger partial charge in [-0.05, 0) is 65.9 Å². The number of rotatable bonds is 11. The van der Waals surface area contributed by atoms with Crippen LogP contribution >= 0.6 is 0 Å². The third-order valence-electron chi connectivity index (χ3n) is 8.98.